The second-order valence-corrected chi connectivity index (χ2v) is 12.5. The molecule has 3 saturated carbocycles. The number of phenolic OH excluding ortho intramolecular Hbond substituents is 1. The number of halogens is 3. The molecular weight excluding hydrogens is 559 g/mol. The molecule has 13 heteroatoms. The minimum atomic E-state index is -4.87. The highest BCUT2D eigenvalue weighted by Crippen LogP contribution is 2.56. The van der Waals surface area contributed by atoms with E-state index in [0.717, 1.165) is 31.7 Å². The summed E-state index contributed by atoms with van der Waals surface area (Å²) in [6.07, 6.45) is -1.84. The first-order valence-electron chi connectivity index (χ1n) is 13.9. The Morgan fingerprint density at radius 3 is 2.33 bits per heavy atom. The summed E-state index contributed by atoms with van der Waals surface area (Å²) in [6.45, 7) is -0.152. The molecule has 5 aliphatic carbocycles. The number of hydrogen-bond acceptors (Lipinski definition) is 9. The summed E-state index contributed by atoms with van der Waals surface area (Å²) < 4.78 is 44.0. The van der Waals surface area contributed by atoms with Crippen molar-refractivity contribution in [3.8, 4) is 5.75 Å². The fourth-order valence-corrected chi connectivity index (χ4v) is 7.65. The van der Waals surface area contributed by atoms with Gasteiger partial charge in [-0.05, 0) is 81.6 Å². The van der Waals surface area contributed by atoms with E-state index in [0.29, 0.717) is 5.92 Å². The molecule has 226 valence electrons. The number of primary amides is 1. The standard InChI is InChI=1S/C29H32F3N3O7/c1-35(2)21-15-8-11-7-14-18(22(37)17(11)24(39)28(15,42)25(40)19(23(21)38)26(33)41)16(36)9-12(20(14)29(30,31)32)10-34-27(5-6-27)13-3-4-13/h9,11,13,15,21,34,36-37,40,42H,3-8,10H2,1-2H3,(H2,33,41)/t11-,15-,21-,28-/m0/s1. The van der Waals surface area contributed by atoms with Crippen molar-refractivity contribution in [1.29, 1.82) is 0 Å². The molecule has 1 amide bonds. The lowest BCUT2D eigenvalue weighted by Gasteiger charge is -2.50. The Morgan fingerprint density at radius 2 is 1.81 bits per heavy atom. The topological polar surface area (TPSA) is 173 Å². The first-order valence-corrected chi connectivity index (χ1v) is 13.9. The van der Waals surface area contributed by atoms with E-state index in [2.05, 4.69) is 5.32 Å². The number of aliphatic hydroxyl groups is 3. The molecule has 0 spiro atoms. The molecule has 0 bridgehead atoms. The summed E-state index contributed by atoms with van der Waals surface area (Å²) >= 11 is 0. The number of benzene rings is 1. The van der Waals surface area contributed by atoms with Gasteiger partial charge in [-0.15, -0.1) is 0 Å². The maximum atomic E-state index is 14.7. The largest absolute Gasteiger partial charge is 0.508 e. The van der Waals surface area contributed by atoms with E-state index in [1.165, 1.54) is 19.0 Å². The van der Waals surface area contributed by atoms with Gasteiger partial charge in [0.25, 0.3) is 5.91 Å². The van der Waals surface area contributed by atoms with Crippen molar-refractivity contribution in [2.75, 3.05) is 14.1 Å². The van der Waals surface area contributed by atoms with Crippen LogP contribution in [0.15, 0.2) is 23.0 Å². The molecule has 0 saturated heterocycles. The maximum Gasteiger partial charge on any atom is 0.417 e. The number of nitrogens with one attached hydrogen (secondary N) is 1. The van der Waals surface area contributed by atoms with Gasteiger partial charge in [-0.1, -0.05) is 0 Å². The van der Waals surface area contributed by atoms with Gasteiger partial charge in [-0.25, -0.2) is 0 Å². The number of fused-ring (bicyclic) bond motifs is 3. The van der Waals surface area contributed by atoms with Crippen LogP contribution in [0.5, 0.6) is 5.75 Å². The van der Waals surface area contributed by atoms with Gasteiger partial charge in [-0.3, -0.25) is 19.3 Å². The zero-order chi connectivity index (χ0) is 30.7. The van der Waals surface area contributed by atoms with Crippen molar-refractivity contribution in [3.05, 3.63) is 45.2 Å². The number of phenols is 1. The predicted octanol–water partition coefficient (Wildman–Crippen LogP) is 2.02. The van der Waals surface area contributed by atoms with E-state index in [4.69, 9.17) is 5.73 Å². The molecule has 4 atom stereocenters. The molecule has 5 aliphatic rings. The zero-order valence-corrected chi connectivity index (χ0v) is 23.0. The molecule has 1 aromatic rings. The average Bonchev–Trinajstić information content (AvgIpc) is 3.77. The quantitative estimate of drug-likeness (QED) is 0.271. The van der Waals surface area contributed by atoms with Gasteiger partial charge in [0.2, 0.25) is 5.78 Å². The van der Waals surface area contributed by atoms with Crippen LogP contribution in [0.3, 0.4) is 0 Å². The first-order chi connectivity index (χ1) is 19.5. The van der Waals surface area contributed by atoms with Gasteiger partial charge in [0.05, 0.1) is 17.2 Å². The number of nitrogens with two attached hydrogens (primary N) is 1. The van der Waals surface area contributed by atoms with Crippen molar-refractivity contribution in [2.24, 2.45) is 23.5 Å². The van der Waals surface area contributed by atoms with E-state index >= 15 is 0 Å². The third-order valence-electron chi connectivity index (χ3n) is 9.87. The molecule has 3 fully saturated rings. The third-order valence-corrected chi connectivity index (χ3v) is 9.87. The lowest BCUT2D eigenvalue weighted by molar-refractivity contribution is -0.153. The lowest BCUT2D eigenvalue weighted by atomic mass is 9.57. The van der Waals surface area contributed by atoms with Crippen LogP contribution in [0.1, 0.15) is 54.4 Å². The Morgan fingerprint density at radius 1 is 1.17 bits per heavy atom. The summed E-state index contributed by atoms with van der Waals surface area (Å²) in [5.41, 5.74) is -1.39. The number of aromatic hydroxyl groups is 1. The van der Waals surface area contributed by atoms with Crippen LogP contribution in [0.25, 0.3) is 5.76 Å². The lowest BCUT2D eigenvalue weighted by Crippen LogP contribution is -2.65. The molecule has 10 nitrogen and oxygen atoms in total. The normalized spacial score (nSPS) is 30.3. The highest BCUT2D eigenvalue weighted by atomic mass is 19.4. The summed E-state index contributed by atoms with van der Waals surface area (Å²) in [7, 11) is 2.89. The highest BCUT2D eigenvalue weighted by molar-refractivity contribution is 6.24. The summed E-state index contributed by atoms with van der Waals surface area (Å²) in [5, 5.41) is 48.0. The number of aliphatic hydroxyl groups excluding tert-OH is 2. The van der Waals surface area contributed by atoms with Crippen molar-refractivity contribution in [1.82, 2.24) is 10.2 Å². The Hall–Kier alpha value is -3.42. The molecular formula is C29H32F3N3O7. The third kappa shape index (κ3) is 3.93. The molecule has 42 heavy (non-hydrogen) atoms. The van der Waals surface area contributed by atoms with E-state index in [9.17, 15) is 48.0 Å². The number of rotatable bonds is 6. The maximum absolute atomic E-state index is 14.7. The van der Waals surface area contributed by atoms with Crippen LogP contribution in [0.4, 0.5) is 13.2 Å². The van der Waals surface area contributed by atoms with Gasteiger partial charge in [0.15, 0.2) is 11.4 Å². The number of alkyl halides is 3. The highest BCUT2D eigenvalue weighted by Gasteiger charge is 2.64. The monoisotopic (exact) mass is 591 g/mol. The number of nitrogens with zero attached hydrogens (tertiary/aromatic N) is 1. The fourth-order valence-electron chi connectivity index (χ4n) is 7.65. The SMILES string of the molecule is CN(C)[C@@H]1C(=O)C(C(N)=O)=C(O)[C@@]2(O)C(=O)C3=C(O)c4c(O)cc(CNC5(C6CC6)CC5)c(C(F)(F)F)c4C[C@H]3C[C@@H]12. The van der Waals surface area contributed by atoms with Crippen LogP contribution in [0.2, 0.25) is 0 Å². The molecule has 0 heterocycles. The minimum Gasteiger partial charge on any atom is -0.508 e. The summed E-state index contributed by atoms with van der Waals surface area (Å²) in [4.78, 5) is 40.5. The second-order valence-electron chi connectivity index (χ2n) is 12.5. The first kappa shape index (κ1) is 28.7. The smallest absolute Gasteiger partial charge is 0.417 e. The Balaban J connectivity index is 1.50. The average molecular weight is 592 g/mol. The molecule has 0 aliphatic heterocycles. The van der Waals surface area contributed by atoms with Crippen LogP contribution in [0, 0.1) is 17.8 Å². The van der Waals surface area contributed by atoms with Gasteiger partial charge >= 0.3 is 6.18 Å². The van der Waals surface area contributed by atoms with Gasteiger partial charge in [0, 0.05) is 23.6 Å². The summed E-state index contributed by atoms with van der Waals surface area (Å²) in [6, 6.07) is -0.394. The van der Waals surface area contributed by atoms with Crippen molar-refractivity contribution in [3.63, 3.8) is 0 Å². The van der Waals surface area contributed by atoms with Gasteiger partial charge in [0.1, 0.15) is 22.8 Å². The van der Waals surface area contributed by atoms with Crippen molar-refractivity contribution in [2.45, 2.75) is 68.4 Å². The molecule has 7 N–H and O–H groups in total. The van der Waals surface area contributed by atoms with Crippen LogP contribution in [-0.2, 0) is 33.5 Å². The van der Waals surface area contributed by atoms with E-state index < -0.39 is 93.1 Å². The van der Waals surface area contributed by atoms with Crippen molar-refractivity contribution < 1.29 is 48.0 Å². The van der Waals surface area contributed by atoms with Crippen LogP contribution < -0.4 is 11.1 Å². The van der Waals surface area contributed by atoms with E-state index in [1.807, 2.05) is 0 Å². The Kier molecular flexibility index (Phi) is 6.18. The van der Waals surface area contributed by atoms with Gasteiger partial charge in [-0.2, -0.15) is 13.2 Å². The van der Waals surface area contributed by atoms with Crippen LogP contribution in [-0.4, -0.2) is 74.1 Å². The van der Waals surface area contributed by atoms with Crippen LogP contribution >= 0.6 is 0 Å². The number of carbonyl (C=O) groups is 3. The molecule has 0 unspecified atom stereocenters. The number of Topliss-reactive ketones (excluding diaryl/α,β-unsaturated/α-hetero) is 2. The van der Waals surface area contributed by atoms with E-state index in [-0.39, 0.29) is 29.6 Å². The molecule has 1 aromatic carbocycles. The molecule has 0 radical (unpaired) electrons. The second kappa shape index (κ2) is 9.04. The van der Waals surface area contributed by atoms with Crippen molar-refractivity contribution >= 4 is 23.2 Å². The van der Waals surface area contributed by atoms with E-state index in [1.54, 1.807) is 0 Å². The fraction of sp³-hybridized carbons (Fsp3) is 0.552. The summed E-state index contributed by atoms with van der Waals surface area (Å²) in [5.74, 6) is -8.52. The predicted molar refractivity (Wildman–Crippen MR) is 141 cm³/mol. The number of carbonyl (C=O) groups excluding carboxylic acids is 3. The number of hydrogen-bond donors (Lipinski definition) is 6. The molecule has 0 aromatic heterocycles. The van der Waals surface area contributed by atoms with Gasteiger partial charge < -0.3 is 31.5 Å². The Labute approximate surface area is 238 Å². The molecule has 6 rings (SSSR count). The minimum absolute atomic E-state index is 0.152. The number of ketones is 2. The Bertz CT molecular complexity index is 1510. The number of amides is 1. The number of likely N-dealkylation sites (N-methyl/N-ethyl adjacent to an activating group) is 1. The zero-order valence-electron chi connectivity index (χ0n) is 23.0.